The zero-order valence-electron chi connectivity index (χ0n) is 15.9. The SMILES string of the molecule is O=C(CNC(=O)c1ccccc1)Nc1cccc(-c2csc(-c3ccncc3)n2)c1. The van der Waals surface area contributed by atoms with Crippen LogP contribution in [-0.2, 0) is 4.79 Å². The second-order valence-corrected chi connectivity index (χ2v) is 7.31. The number of rotatable bonds is 6. The summed E-state index contributed by atoms with van der Waals surface area (Å²) in [6.45, 7) is -0.110. The minimum Gasteiger partial charge on any atom is -0.343 e. The summed E-state index contributed by atoms with van der Waals surface area (Å²) in [5, 5.41) is 8.32. The second-order valence-electron chi connectivity index (χ2n) is 6.45. The molecule has 0 radical (unpaired) electrons. The molecule has 4 aromatic rings. The monoisotopic (exact) mass is 414 g/mol. The quantitative estimate of drug-likeness (QED) is 0.494. The zero-order valence-corrected chi connectivity index (χ0v) is 16.7. The number of anilines is 1. The number of hydrogen-bond donors (Lipinski definition) is 2. The van der Waals surface area contributed by atoms with Crippen molar-refractivity contribution < 1.29 is 9.59 Å². The fraction of sp³-hybridized carbons (Fsp3) is 0.0435. The summed E-state index contributed by atoms with van der Waals surface area (Å²) in [6, 6.07) is 20.1. The Bertz CT molecular complexity index is 1160. The van der Waals surface area contributed by atoms with Crippen LogP contribution in [0.25, 0.3) is 21.8 Å². The average molecular weight is 414 g/mol. The summed E-state index contributed by atoms with van der Waals surface area (Å²) in [5.41, 5.74) is 3.91. The normalized spacial score (nSPS) is 10.4. The van der Waals surface area contributed by atoms with Gasteiger partial charge in [-0.25, -0.2) is 4.98 Å². The number of aromatic nitrogens is 2. The first kappa shape index (κ1) is 19.5. The summed E-state index contributed by atoms with van der Waals surface area (Å²) in [6.07, 6.45) is 3.48. The van der Waals surface area contributed by atoms with E-state index in [1.165, 1.54) is 0 Å². The summed E-state index contributed by atoms with van der Waals surface area (Å²) in [7, 11) is 0. The third-order valence-electron chi connectivity index (χ3n) is 4.32. The number of benzene rings is 2. The zero-order chi connectivity index (χ0) is 20.8. The first-order valence-electron chi connectivity index (χ1n) is 9.28. The molecule has 148 valence electrons. The Hall–Kier alpha value is -3.84. The number of pyridine rings is 1. The van der Waals surface area contributed by atoms with Gasteiger partial charge in [-0.15, -0.1) is 11.3 Å². The predicted molar refractivity (Wildman–Crippen MR) is 118 cm³/mol. The van der Waals surface area contributed by atoms with Crippen molar-refractivity contribution in [2.45, 2.75) is 0 Å². The summed E-state index contributed by atoms with van der Waals surface area (Å²) < 4.78 is 0. The number of nitrogens with one attached hydrogen (secondary N) is 2. The van der Waals surface area contributed by atoms with Crippen LogP contribution >= 0.6 is 11.3 Å². The third-order valence-corrected chi connectivity index (χ3v) is 5.21. The first-order valence-corrected chi connectivity index (χ1v) is 10.2. The van der Waals surface area contributed by atoms with Crippen molar-refractivity contribution in [2.75, 3.05) is 11.9 Å². The summed E-state index contributed by atoms with van der Waals surface area (Å²) >= 11 is 1.55. The van der Waals surface area contributed by atoms with Gasteiger partial charge < -0.3 is 10.6 Å². The van der Waals surface area contributed by atoms with Gasteiger partial charge in [0.25, 0.3) is 5.91 Å². The number of thiazole rings is 1. The molecule has 2 aromatic carbocycles. The van der Waals surface area contributed by atoms with Gasteiger partial charge in [0.2, 0.25) is 5.91 Å². The van der Waals surface area contributed by atoms with Crippen molar-refractivity contribution in [1.82, 2.24) is 15.3 Å². The van der Waals surface area contributed by atoms with Crippen molar-refractivity contribution in [3.8, 4) is 21.8 Å². The first-order chi connectivity index (χ1) is 14.7. The molecule has 0 aliphatic rings. The standard InChI is InChI=1S/C23H18N4O2S/c28-21(14-25-22(29)16-5-2-1-3-6-16)26-19-8-4-7-18(13-19)20-15-30-23(27-20)17-9-11-24-12-10-17/h1-13,15H,14H2,(H,25,29)(H,26,28). The van der Waals surface area contributed by atoms with E-state index in [0.717, 1.165) is 21.8 Å². The molecule has 4 rings (SSSR count). The lowest BCUT2D eigenvalue weighted by molar-refractivity contribution is -0.115. The maximum Gasteiger partial charge on any atom is 0.251 e. The van der Waals surface area contributed by atoms with E-state index >= 15 is 0 Å². The topological polar surface area (TPSA) is 84.0 Å². The van der Waals surface area contributed by atoms with Crippen LogP contribution in [0.2, 0.25) is 0 Å². The van der Waals surface area contributed by atoms with Gasteiger partial charge >= 0.3 is 0 Å². The van der Waals surface area contributed by atoms with Crippen LogP contribution in [-0.4, -0.2) is 28.3 Å². The van der Waals surface area contributed by atoms with Gasteiger partial charge in [-0.3, -0.25) is 14.6 Å². The molecular weight excluding hydrogens is 396 g/mol. The maximum absolute atomic E-state index is 12.2. The van der Waals surface area contributed by atoms with E-state index < -0.39 is 0 Å². The average Bonchev–Trinajstić information content (AvgIpc) is 3.29. The van der Waals surface area contributed by atoms with Crippen LogP contribution in [0.5, 0.6) is 0 Å². The molecule has 30 heavy (non-hydrogen) atoms. The van der Waals surface area contributed by atoms with Crippen LogP contribution < -0.4 is 10.6 Å². The lowest BCUT2D eigenvalue weighted by Gasteiger charge is -2.08. The molecule has 0 spiro atoms. The molecule has 0 saturated carbocycles. The molecule has 2 N–H and O–H groups in total. The van der Waals surface area contributed by atoms with E-state index in [1.807, 2.05) is 41.8 Å². The molecule has 0 unspecified atom stereocenters. The van der Waals surface area contributed by atoms with Crippen LogP contribution in [0.3, 0.4) is 0 Å². The van der Waals surface area contributed by atoms with E-state index in [-0.39, 0.29) is 18.4 Å². The molecular formula is C23H18N4O2S. The van der Waals surface area contributed by atoms with E-state index in [4.69, 9.17) is 0 Å². The lowest BCUT2D eigenvalue weighted by atomic mass is 10.1. The van der Waals surface area contributed by atoms with Gasteiger partial charge in [-0.05, 0) is 36.4 Å². The Labute approximate surface area is 177 Å². The van der Waals surface area contributed by atoms with Crippen LogP contribution in [0, 0.1) is 0 Å². The van der Waals surface area contributed by atoms with Gasteiger partial charge in [0, 0.05) is 40.2 Å². The van der Waals surface area contributed by atoms with E-state index in [1.54, 1.807) is 54.1 Å². The maximum atomic E-state index is 12.2. The minimum atomic E-state index is -0.299. The molecule has 0 atom stereocenters. The highest BCUT2D eigenvalue weighted by atomic mass is 32.1. The largest absolute Gasteiger partial charge is 0.343 e. The summed E-state index contributed by atoms with van der Waals surface area (Å²) in [5.74, 6) is -0.585. The second kappa shape index (κ2) is 9.11. The fourth-order valence-electron chi connectivity index (χ4n) is 2.85. The van der Waals surface area contributed by atoms with Crippen molar-refractivity contribution in [1.29, 1.82) is 0 Å². The predicted octanol–water partition coefficient (Wildman–Crippen LogP) is 4.24. The highest BCUT2D eigenvalue weighted by Crippen LogP contribution is 2.29. The molecule has 2 heterocycles. The van der Waals surface area contributed by atoms with Gasteiger partial charge in [-0.1, -0.05) is 30.3 Å². The molecule has 2 aromatic heterocycles. The Morgan fingerprint density at radius 2 is 1.70 bits per heavy atom. The number of nitrogens with zero attached hydrogens (tertiary/aromatic N) is 2. The number of amides is 2. The Morgan fingerprint density at radius 1 is 0.900 bits per heavy atom. The van der Waals surface area contributed by atoms with Crippen molar-refractivity contribution >= 4 is 28.8 Å². The Morgan fingerprint density at radius 3 is 2.50 bits per heavy atom. The van der Waals surface area contributed by atoms with Crippen molar-refractivity contribution in [2.24, 2.45) is 0 Å². The Balaban J connectivity index is 1.39. The smallest absolute Gasteiger partial charge is 0.251 e. The number of hydrogen-bond acceptors (Lipinski definition) is 5. The van der Waals surface area contributed by atoms with E-state index in [2.05, 4.69) is 20.6 Å². The van der Waals surface area contributed by atoms with Crippen LogP contribution in [0.4, 0.5) is 5.69 Å². The summed E-state index contributed by atoms with van der Waals surface area (Å²) in [4.78, 5) is 33.0. The fourth-order valence-corrected chi connectivity index (χ4v) is 3.68. The van der Waals surface area contributed by atoms with E-state index in [0.29, 0.717) is 11.3 Å². The highest BCUT2D eigenvalue weighted by Gasteiger charge is 2.10. The van der Waals surface area contributed by atoms with Gasteiger partial charge in [0.1, 0.15) is 5.01 Å². The van der Waals surface area contributed by atoms with Crippen molar-refractivity contribution in [3.05, 3.63) is 90.1 Å². The molecule has 0 bridgehead atoms. The molecule has 0 aliphatic heterocycles. The number of carbonyl (C=O) groups is 2. The van der Waals surface area contributed by atoms with Gasteiger partial charge in [0.15, 0.2) is 0 Å². The lowest BCUT2D eigenvalue weighted by Crippen LogP contribution is -2.32. The molecule has 0 fully saturated rings. The molecule has 6 nitrogen and oxygen atoms in total. The molecule has 2 amide bonds. The molecule has 0 aliphatic carbocycles. The molecule has 7 heteroatoms. The van der Waals surface area contributed by atoms with Crippen LogP contribution in [0.15, 0.2) is 84.5 Å². The number of carbonyl (C=O) groups excluding carboxylic acids is 2. The minimum absolute atomic E-state index is 0.110. The Kier molecular flexibility index (Phi) is 5.91. The van der Waals surface area contributed by atoms with E-state index in [9.17, 15) is 9.59 Å². The highest BCUT2D eigenvalue weighted by molar-refractivity contribution is 7.13. The van der Waals surface area contributed by atoms with Gasteiger partial charge in [0.05, 0.1) is 12.2 Å². The molecule has 0 saturated heterocycles. The van der Waals surface area contributed by atoms with Gasteiger partial charge in [-0.2, -0.15) is 0 Å². The van der Waals surface area contributed by atoms with Crippen molar-refractivity contribution in [3.63, 3.8) is 0 Å². The third kappa shape index (κ3) is 4.76. The van der Waals surface area contributed by atoms with Crippen LogP contribution in [0.1, 0.15) is 10.4 Å².